The third-order valence-corrected chi connectivity index (χ3v) is 4.71. The Morgan fingerprint density at radius 3 is 2.86 bits per heavy atom. The molecule has 2 heterocycles. The van der Waals surface area contributed by atoms with E-state index >= 15 is 0 Å². The van der Waals surface area contributed by atoms with Gasteiger partial charge in [0.1, 0.15) is 28.1 Å². The van der Waals surface area contributed by atoms with Crippen molar-refractivity contribution in [2.24, 2.45) is 0 Å². The molecule has 1 N–H and O–H groups in total. The monoisotopic (exact) mass is 323 g/mol. The molecule has 0 aliphatic rings. The van der Waals surface area contributed by atoms with Crippen LogP contribution in [0.5, 0.6) is 0 Å². The van der Waals surface area contributed by atoms with Crippen molar-refractivity contribution < 1.29 is 8.78 Å². The van der Waals surface area contributed by atoms with Gasteiger partial charge in [-0.2, -0.15) is 0 Å². The fraction of sp³-hybridized carbons (Fsp3) is 0.143. The highest BCUT2D eigenvalue weighted by Gasteiger charge is 2.10. The minimum absolute atomic E-state index is 0.386. The second kappa shape index (κ2) is 5.95. The van der Waals surface area contributed by atoms with Crippen LogP contribution in [-0.2, 0) is 5.75 Å². The van der Waals surface area contributed by atoms with Crippen molar-refractivity contribution in [2.75, 3.05) is 12.4 Å². The van der Waals surface area contributed by atoms with Gasteiger partial charge >= 0.3 is 0 Å². The summed E-state index contributed by atoms with van der Waals surface area (Å²) in [4.78, 5) is 10.2. The molecule has 7 heteroatoms. The Bertz CT molecular complexity index is 789. The van der Waals surface area contributed by atoms with Crippen molar-refractivity contribution >= 4 is 39.1 Å². The predicted molar refractivity (Wildman–Crippen MR) is 82.9 cm³/mol. The van der Waals surface area contributed by atoms with Crippen molar-refractivity contribution in [3.63, 3.8) is 0 Å². The second-order valence-electron chi connectivity index (χ2n) is 4.24. The van der Waals surface area contributed by atoms with Crippen molar-refractivity contribution in [3.8, 4) is 0 Å². The maximum atomic E-state index is 13.6. The molecule has 0 unspecified atom stereocenters. The molecule has 3 rings (SSSR count). The fourth-order valence-corrected chi connectivity index (χ4v) is 3.45. The first-order chi connectivity index (χ1) is 10.2. The molecular formula is C14H11F2N3S2. The summed E-state index contributed by atoms with van der Waals surface area (Å²) in [5.74, 6) is 0.654. The lowest BCUT2D eigenvalue weighted by Gasteiger charge is -2.06. The van der Waals surface area contributed by atoms with E-state index in [2.05, 4.69) is 15.3 Å². The number of thiophene rings is 1. The molecule has 0 aliphatic carbocycles. The van der Waals surface area contributed by atoms with Crippen molar-refractivity contribution in [2.45, 2.75) is 10.6 Å². The van der Waals surface area contributed by atoms with Gasteiger partial charge in [0.15, 0.2) is 0 Å². The molecule has 0 saturated carbocycles. The molecule has 0 spiro atoms. The molecule has 1 aromatic carbocycles. The standard InChI is InChI=1S/C14H11F2N3S2/c1-17-13-9-4-5-20-14(9)19-12(18-13)7-21-11-3-2-8(15)6-10(11)16/h2-6H,7H2,1H3,(H,17,18,19). The zero-order valence-corrected chi connectivity index (χ0v) is 12.7. The highest BCUT2D eigenvalue weighted by molar-refractivity contribution is 7.98. The number of hydrogen-bond donors (Lipinski definition) is 1. The quantitative estimate of drug-likeness (QED) is 0.726. The lowest BCUT2D eigenvalue weighted by molar-refractivity contribution is 0.565. The Labute approximate surface area is 128 Å². The van der Waals surface area contributed by atoms with Gasteiger partial charge in [-0.3, -0.25) is 0 Å². The van der Waals surface area contributed by atoms with Crippen molar-refractivity contribution in [1.29, 1.82) is 0 Å². The van der Waals surface area contributed by atoms with Gasteiger partial charge in [-0.05, 0) is 23.6 Å². The number of halogens is 2. The van der Waals surface area contributed by atoms with Crippen LogP contribution in [0.2, 0.25) is 0 Å². The second-order valence-corrected chi connectivity index (χ2v) is 6.15. The Balaban J connectivity index is 1.84. The topological polar surface area (TPSA) is 37.8 Å². The number of anilines is 1. The van der Waals surface area contributed by atoms with Gasteiger partial charge in [-0.1, -0.05) is 0 Å². The number of nitrogens with one attached hydrogen (secondary N) is 1. The highest BCUT2D eigenvalue weighted by atomic mass is 32.2. The molecule has 3 nitrogen and oxygen atoms in total. The van der Waals surface area contributed by atoms with E-state index in [9.17, 15) is 8.78 Å². The molecule has 0 radical (unpaired) electrons. The Kier molecular flexibility index (Phi) is 4.03. The summed E-state index contributed by atoms with van der Waals surface area (Å²) in [5.41, 5.74) is 0. The molecule has 0 saturated heterocycles. The number of benzene rings is 1. The molecule has 3 aromatic rings. The summed E-state index contributed by atoms with van der Waals surface area (Å²) >= 11 is 2.78. The van der Waals surface area contributed by atoms with Gasteiger partial charge in [0.2, 0.25) is 0 Å². The zero-order valence-electron chi connectivity index (χ0n) is 11.1. The summed E-state index contributed by atoms with van der Waals surface area (Å²) in [5, 5.41) is 5.97. The first-order valence-corrected chi connectivity index (χ1v) is 8.03. The smallest absolute Gasteiger partial charge is 0.142 e. The number of fused-ring (bicyclic) bond motifs is 1. The lowest BCUT2D eigenvalue weighted by atomic mass is 10.3. The normalized spacial score (nSPS) is 11.0. The van der Waals surface area contributed by atoms with Crippen LogP contribution >= 0.6 is 23.1 Å². The van der Waals surface area contributed by atoms with E-state index in [-0.39, 0.29) is 0 Å². The Hall–Kier alpha value is -1.73. The number of thioether (sulfide) groups is 1. The van der Waals surface area contributed by atoms with Gasteiger partial charge in [0.25, 0.3) is 0 Å². The summed E-state index contributed by atoms with van der Waals surface area (Å²) in [6.07, 6.45) is 0. The molecule has 21 heavy (non-hydrogen) atoms. The summed E-state index contributed by atoms with van der Waals surface area (Å²) in [6, 6.07) is 5.51. The maximum Gasteiger partial charge on any atom is 0.142 e. The number of nitrogens with zero attached hydrogens (tertiary/aromatic N) is 2. The maximum absolute atomic E-state index is 13.6. The number of aromatic nitrogens is 2. The summed E-state index contributed by atoms with van der Waals surface area (Å²) < 4.78 is 26.5. The molecule has 108 valence electrons. The van der Waals surface area contributed by atoms with Crippen LogP contribution < -0.4 is 5.32 Å². The van der Waals surface area contributed by atoms with Crippen LogP contribution in [-0.4, -0.2) is 17.0 Å². The van der Waals surface area contributed by atoms with E-state index in [4.69, 9.17) is 0 Å². The SMILES string of the molecule is CNc1nc(CSc2ccc(F)cc2F)nc2sccc12. The summed E-state index contributed by atoms with van der Waals surface area (Å²) in [6.45, 7) is 0. The van der Waals surface area contributed by atoms with Gasteiger partial charge in [-0.15, -0.1) is 23.1 Å². The first kappa shape index (κ1) is 14.2. The first-order valence-electron chi connectivity index (χ1n) is 6.17. The minimum atomic E-state index is -0.578. The molecule has 0 aliphatic heterocycles. The number of hydrogen-bond acceptors (Lipinski definition) is 5. The van der Waals surface area contributed by atoms with Crippen molar-refractivity contribution in [1.82, 2.24) is 9.97 Å². The van der Waals surface area contributed by atoms with E-state index in [0.29, 0.717) is 16.5 Å². The third kappa shape index (κ3) is 2.98. The van der Waals surface area contributed by atoms with Crippen LogP contribution in [0.1, 0.15) is 5.82 Å². The predicted octanol–water partition coefficient (Wildman–Crippen LogP) is 4.30. The minimum Gasteiger partial charge on any atom is -0.372 e. The molecule has 2 aromatic heterocycles. The van der Waals surface area contributed by atoms with Gasteiger partial charge in [0.05, 0.1) is 11.1 Å². The van der Waals surface area contributed by atoms with Crippen molar-refractivity contribution in [3.05, 3.63) is 47.1 Å². The van der Waals surface area contributed by atoms with Gasteiger partial charge < -0.3 is 5.32 Å². The van der Waals surface area contributed by atoms with Crippen LogP contribution in [0.4, 0.5) is 14.6 Å². The molecule has 0 fully saturated rings. The Morgan fingerprint density at radius 1 is 1.24 bits per heavy atom. The molecular weight excluding hydrogens is 312 g/mol. The molecule has 0 bridgehead atoms. The Morgan fingerprint density at radius 2 is 2.10 bits per heavy atom. The van der Waals surface area contributed by atoms with Crippen LogP contribution in [0.3, 0.4) is 0 Å². The number of rotatable bonds is 4. The van der Waals surface area contributed by atoms with E-state index in [1.165, 1.54) is 35.2 Å². The van der Waals surface area contributed by atoms with Gasteiger partial charge in [-0.25, -0.2) is 18.7 Å². The van der Waals surface area contributed by atoms with E-state index in [0.717, 1.165) is 22.1 Å². The average molecular weight is 323 g/mol. The molecule has 0 amide bonds. The van der Waals surface area contributed by atoms with Gasteiger partial charge in [0, 0.05) is 18.0 Å². The highest BCUT2D eigenvalue weighted by Crippen LogP contribution is 2.28. The van der Waals surface area contributed by atoms with E-state index in [1.807, 2.05) is 11.4 Å². The largest absolute Gasteiger partial charge is 0.372 e. The van der Waals surface area contributed by atoms with Crippen LogP contribution in [0.25, 0.3) is 10.2 Å². The van der Waals surface area contributed by atoms with Crippen LogP contribution in [0, 0.1) is 11.6 Å². The molecule has 0 atom stereocenters. The van der Waals surface area contributed by atoms with E-state index < -0.39 is 11.6 Å². The zero-order chi connectivity index (χ0) is 14.8. The average Bonchev–Trinajstić information content (AvgIpc) is 2.93. The summed E-state index contributed by atoms with van der Waals surface area (Å²) in [7, 11) is 1.80. The fourth-order valence-electron chi connectivity index (χ4n) is 1.89. The van der Waals surface area contributed by atoms with Crippen LogP contribution in [0.15, 0.2) is 34.5 Å². The van der Waals surface area contributed by atoms with E-state index in [1.54, 1.807) is 7.05 Å². The lowest BCUT2D eigenvalue weighted by Crippen LogP contribution is -1.99. The third-order valence-electron chi connectivity index (χ3n) is 2.86.